The highest BCUT2D eigenvalue weighted by Crippen LogP contribution is 2.12. The first kappa shape index (κ1) is 18.9. The van der Waals surface area contributed by atoms with E-state index in [9.17, 15) is 14.7 Å². The molecule has 0 radical (unpaired) electrons. The summed E-state index contributed by atoms with van der Waals surface area (Å²) in [5.74, 6) is -0.130. The normalized spacial score (nSPS) is 10.2. The highest BCUT2D eigenvalue weighted by Gasteiger charge is 2.06. The van der Waals surface area contributed by atoms with E-state index >= 15 is 0 Å². The fourth-order valence-corrected chi connectivity index (χ4v) is 2.02. The second kappa shape index (κ2) is 9.19. The number of benzene rings is 2. The van der Waals surface area contributed by atoms with Crippen LogP contribution in [0.25, 0.3) is 6.08 Å². The summed E-state index contributed by atoms with van der Waals surface area (Å²) in [4.78, 5) is 23.7. The number of phenols is 1. The van der Waals surface area contributed by atoms with Crippen molar-refractivity contribution in [3.63, 3.8) is 0 Å². The van der Waals surface area contributed by atoms with E-state index < -0.39 is 11.8 Å². The summed E-state index contributed by atoms with van der Waals surface area (Å²) in [6.07, 6.45) is 2.93. The molecule has 0 aromatic heterocycles. The van der Waals surface area contributed by atoms with Crippen molar-refractivity contribution in [1.29, 1.82) is 0 Å². The molecule has 2 aromatic carbocycles. The first-order valence-corrected chi connectivity index (χ1v) is 7.91. The molecule has 0 saturated heterocycles. The number of phenolic OH excluding ortho intramolecular Hbond substituents is 1. The minimum absolute atomic E-state index is 0.0542. The first-order chi connectivity index (χ1) is 12.5. The van der Waals surface area contributed by atoms with Gasteiger partial charge in [0.1, 0.15) is 11.5 Å². The SMILES string of the molecule is COc1ccc(C=CC(=O)NC(=S)NNC(=O)c2ccc(O)cc2)cc1. The quantitative estimate of drug-likeness (QED) is 0.371. The average Bonchev–Trinajstić information content (AvgIpc) is 2.65. The molecular formula is C18H17N3O4S. The number of aromatic hydroxyl groups is 1. The molecule has 0 aliphatic rings. The Morgan fingerprint density at radius 1 is 1.04 bits per heavy atom. The van der Waals surface area contributed by atoms with Crippen molar-refractivity contribution in [3.8, 4) is 11.5 Å². The number of carbonyl (C=O) groups excluding carboxylic acids is 2. The summed E-state index contributed by atoms with van der Waals surface area (Å²) in [6.45, 7) is 0. The summed E-state index contributed by atoms with van der Waals surface area (Å²) >= 11 is 4.93. The average molecular weight is 371 g/mol. The van der Waals surface area contributed by atoms with Crippen LogP contribution in [0.2, 0.25) is 0 Å². The summed E-state index contributed by atoms with van der Waals surface area (Å²) in [7, 11) is 1.58. The predicted molar refractivity (Wildman–Crippen MR) is 101 cm³/mol. The van der Waals surface area contributed by atoms with Crippen LogP contribution in [0.15, 0.2) is 54.6 Å². The molecule has 2 aromatic rings. The molecule has 0 atom stereocenters. The molecule has 7 nitrogen and oxygen atoms in total. The molecule has 0 saturated carbocycles. The third kappa shape index (κ3) is 5.91. The zero-order valence-electron chi connectivity index (χ0n) is 13.9. The number of hydrogen-bond donors (Lipinski definition) is 4. The molecule has 0 heterocycles. The van der Waals surface area contributed by atoms with Crippen LogP contribution in [-0.4, -0.2) is 29.1 Å². The Labute approximate surface area is 155 Å². The molecule has 2 rings (SSSR count). The van der Waals surface area contributed by atoms with Gasteiger partial charge >= 0.3 is 0 Å². The Morgan fingerprint density at radius 2 is 1.69 bits per heavy atom. The van der Waals surface area contributed by atoms with Crippen LogP contribution in [-0.2, 0) is 4.79 Å². The lowest BCUT2D eigenvalue weighted by molar-refractivity contribution is -0.115. The van der Waals surface area contributed by atoms with Gasteiger partial charge in [0, 0.05) is 11.6 Å². The maximum atomic E-state index is 11.9. The van der Waals surface area contributed by atoms with Crippen LogP contribution in [0, 0.1) is 0 Å². The number of carbonyl (C=O) groups is 2. The molecule has 134 valence electrons. The van der Waals surface area contributed by atoms with E-state index in [1.165, 1.54) is 30.3 Å². The van der Waals surface area contributed by atoms with E-state index in [0.29, 0.717) is 5.56 Å². The van der Waals surface area contributed by atoms with Crippen molar-refractivity contribution in [3.05, 3.63) is 65.7 Å². The van der Waals surface area contributed by atoms with Gasteiger partial charge in [-0.3, -0.25) is 25.8 Å². The molecule has 0 spiro atoms. The van der Waals surface area contributed by atoms with Crippen molar-refractivity contribution < 1.29 is 19.4 Å². The Hall–Kier alpha value is -3.39. The monoisotopic (exact) mass is 371 g/mol. The summed E-state index contributed by atoms with van der Waals surface area (Å²) < 4.78 is 5.06. The lowest BCUT2D eigenvalue weighted by Gasteiger charge is -2.09. The maximum Gasteiger partial charge on any atom is 0.269 e. The van der Waals surface area contributed by atoms with Crippen LogP contribution in [0.1, 0.15) is 15.9 Å². The van der Waals surface area contributed by atoms with Gasteiger partial charge in [-0.2, -0.15) is 0 Å². The van der Waals surface area contributed by atoms with Crippen LogP contribution in [0.3, 0.4) is 0 Å². The smallest absolute Gasteiger partial charge is 0.269 e. The zero-order chi connectivity index (χ0) is 18.9. The zero-order valence-corrected chi connectivity index (χ0v) is 14.7. The van der Waals surface area contributed by atoms with Gasteiger partial charge in [-0.1, -0.05) is 12.1 Å². The van der Waals surface area contributed by atoms with Crippen molar-refractivity contribution in [2.45, 2.75) is 0 Å². The summed E-state index contributed by atoms with van der Waals surface area (Å²) in [5.41, 5.74) is 5.92. The Bertz CT molecular complexity index is 817. The number of ether oxygens (including phenoxy) is 1. The highest BCUT2D eigenvalue weighted by molar-refractivity contribution is 7.80. The van der Waals surface area contributed by atoms with Gasteiger partial charge in [-0.05, 0) is 60.3 Å². The van der Waals surface area contributed by atoms with Gasteiger partial charge in [-0.25, -0.2) is 0 Å². The minimum atomic E-state index is -0.463. The second-order valence-electron chi connectivity index (χ2n) is 5.05. The molecule has 0 bridgehead atoms. The van der Waals surface area contributed by atoms with E-state index in [0.717, 1.165) is 11.3 Å². The first-order valence-electron chi connectivity index (χ1n) is 7.50. The van der Waals surface area contributed by atoms with Crippen molar-refractivity contribution in [1.82, 2.24) is 16.2 Å². The largest absolute Gasteiger partial charge is 0.508 e. The van der Waals surface area contributed by atoms with Gasteiger partial charge in [0.05, 0.1) is 7.11 Å². The molecule has 0 aliphatic heterocycles. The number of nitrogens with one attached hydrogen (secondary N) is 3. The van der Waals surface area contributed by atoms with Crippen LogP contribution < -0.4 is 20.9 Å². The Kier molecular flexibility index (Phi) is 6.69. The minimum Gasteiger partial charge on any atom is -0.508 e. The van der Waals surface area contributed by atoms with Gasteiger partial charge in [0.15, 0.2) is 5.11 Å². The van der Waals surface area contributed by atoms with E-state index in [2.05, 4.69) is 16.2 Å². The standard InChI is InChI=1S/C18H17N3O4S/c1-25-15-9-2-12(3-10-15)4-11-16(23)19-18(26)21-20-17(24)13-5-7-14(22)8-6-13/h2-11,22H,1H3,(H,20,24)(H2,19,21,23,26). The number of hydrazine groups is 1. The molecule has 0 aliphatic carbocycles. The van der Waals surface area contributed by atoms with Crippen molar-refractivity contribution in [2.24, 2.45) is 0 Å². The number of amides is 2. The third-order valence-corrected chi connectivity index (χ3v) is 3.40. The highest BCUT2D eigenvalue weighted by atomic mass is 32.1. The van der Waals surface area contributed by atoms with Crippen molar-refractivity contribution >= 4 is 35.2 Å². The molecule has 8 heteroatoms. The van der Waals surface area contributed by atoms with Crippen LogP contribution in [0.5, 0.6) is 11.5 Å². The summed E-state index contributed by atoms with van der Waals surface area (Å²) in [5, 5.41) is 11.5. The topological polar surface area (TPSA) is 99.7 Å². The lowest BCUT2D eigenvalue weighted by Crippen LogP contribution is -2.48. The Morgan fingerprint density at radius 3 is 2.31 bits per heavy atom. The molecule has 2 amide bonds. The molecule has 26 heavy (non-hydrogen) atoms. The number of thiocarbonyl (C=S) groups is 1. The van der Waals surface area contributed by atoms with E-state index in [4.69, 9.17) is 17.0 Å². The van der Waals surface area contributed by atoms with E-state index in [1.54, 1.807) is 37.5 Å². The Balaban J connectivity index is 1.79. The number of hydrogen-bond acceptors (Lipinski definition) is 5. The molecule has 4 N–H and O–H groups in total. The van der Waals surface area contributed by atoms with Gasteiger partial charge < -0.3 is 9.84 Å². The number of methoxy groups -OCH3 is 1. The maximum absolute atomic E-state index is 11.9. The fraction of sp³-hybridized carbons (Fsp3) is 0.0556. The fourth-order valence-electron chi connectivity index (χ4n) is 1.87. The molecule has 0 unspecified atom stereocenters. The predicted octanol–water partition coefficient (Wildman–Crippen LogP) is 1.75. The summed E-state index contributed by atoms with van der Waals surface area (Å²) in [6, 6.07) is 12.8. The van der Waals surface area contributed by atoms with E-state index in [-0.39, 0.29) is 10.9 Å². The van der Waals surface area contributed by atoms with Gasteiger partial charge in [-0.15, -0.1) is 0 Å². The van der Waals surface area contributed by atoms with Crippen LogP contribution >= 0.6 is 12.2 Å². The second-order valence-corrected chi connectivity index (χ2v) is 5.46. The van der Waals surface area contributed by atoms with Crippen molar-refractivity contribution in [2.75, 3.05) is 7.11 Å². The van der Waals surface area contributed by atoms with Gasteiger partial charge in [0.25, 0.3) is 5.91 Å². The van der Waals surface area contributed by atoms with Gasteiger partial charge in [0.2, 0.25) is 5.91 Å². The molecule has 0 fully saturated rings. The van der Waals surface area contributed by atoms with Crippen LogP contribution in [0.4, 0.5) is 0 Å². The van der Waals surface area contributed by atoms with E-state index in [1.807, 2.05) is 0 Å². The third-order valence-electron chi connectivity index (χ3n) is 3.20. The molecular weight excluding hydrogens is 354 g/mol. The number of rotatable bonds is 4. The lowest BCUT2D eigenvalue weighted by atomic mass is 10.2.